The molecule has 3 aromatic heterocycles. The van der Waals surface area contributed by atoms with E-state index in [2.05, 4.69) is 15.0 Å². The number of ketones is 1. The number of amides is 1. The lowest BCUT2D eigenvalue weighted by Crippen LogP contribution is -2.30. The van der Waals surface area contributed by atoms with Gasteiger partial charge in [0.15, 0.2) is 0 Å². The van der Waals surface area contributed by atoms with Crippen LogP contribution in [-0.4, -0.2) is 31.7 Å². The van der Waals surface area contributed by atoms with Crippen LogP contribution in [0.25, 0.3) is 27.7 Å². The number of H-pyrrole nitrogens is 2. The Balaban J connectivity index is 1.58. The lowest BCUT2D eigenvalue weighted by molar-refractivity contribution is -0.132. The number of nitrogens with one attached hydrogen (secondary N) is 2. The van der Waals surface area contributed by atoms with Crippen molar-refractivity contribution < 1.29 is 23.5 Å². The molecule has 0 bridgehead atoms. The number of imidazole rings is 1. The Bertz CT molecular complexity index is 1600. The van der Waals surface area contributed by atoms with Crippen molar-refractivity contribution in [1.82, 2.24) is 15.0 Å². The number of aromatic nitrogens is 3. The van der Waals surface area contributed by atoms with Gasteiger partial charge in [-0.25, -0.2) is 9.37 Å². The molecule has 5 aromatic rings. The number of carbonyl (C=O) groups is 2. The fraction of sp³-hybridized carbons (Fsp3) is 0.0417. The van der Waals surface area contributed by atoms with Crippen LogP contribution in [0.5, 0.6) is 0 Å². The summed E-state index contributed by atoms with van der Waals surface area (Å²) < 4.78 is 19.2. The fourth-order valence-electron chi connectivity index (χ4n) is 4.26. The Morgan fingerprint density at radius 3 is 2.76 bits per heavy atom. The van der Waals surface area contributed by atoms with Crippen LogP contribution < -0.4 is 4.90 Å². The first-order valence-corrected chi connectivity index (χ1v) is 10.1. The molecule has 0 radical (unpaired) electrons. The van der Waals surface area contributed by atoms with Gasteiger partial charge in [-0.1, -0.05) is 18.2 Å². The topological polar surface area (TPSA) is 115 Å². The summed E-state index contributed by atoms with van der Waals surface area (Å²) in [4.78, 5) is 37.8. The number of furan rings is 1. The van der Waals surface area contributed by atoms with Crippen molar-refractivity contribution in [2.75, 3.05) is 4.90 Å². The number of aliphatic hydroxyl groups excluding tert-OH is 1. The smallest absolute Gasteiger partial charge is 0.302 e. The van der Waals surface area contributed by atoms with E-state index in [0.717, 1.165) is 10.4 Å². The maximum atomic E-state index is 13.7. The van der Waals surface area contributed by atoms with Crippen LogP contribution in [0.3, 0.4) is 0 Å². The monoisotopic (exact) mass is 442 g/mol. The van der Waals surface area contributed by atoms with Crippen molar-refractivity contribution in [2.45, 2.75) is 6.04 Å². The van der Waals surface area contributed by atoms with Crippen molar-refractivity contribution in [3.05, 3.63) is 89.8 Å². The number of anilines is 1. The summed E-state index contributed by atoms with van der Waals surface area (Å²) in [6.45, 7) is 0. The third-order valence-electron chi connectivity index (χ3n) is 5.76. The van der Waals surface area contributed by atoms with Crippen LogP contribution in [0.1, 0.15) is 17.4 Å². The standard InChI is InChI=1S/C24H15FN4O4/c25-12-7-8-16-17(10-12)28-24(27-16)29-20(18-6-3-9-33-18)19(22(31)23(29)32)21(30)14-11-26-15-5-2-1-4-13(14)15/h1-11,20,26,30H,(H,27,28)/b21-19+. The third kappa shape index (κ3) is 2.79. The van der Waals surface area contributed by atoms with E-state index < -0.39 is 23.5 Å². The molecular formula is C24H15FN4O4. The summed E-state index contributed by atoms with van der Waals surface area (Å²) in [5.74, 6) is -2.28. The summed E-state index contributed by atoms with van der Waals surface area (Å²) in [5.41, 5.74) is 1.80. The molecule has 2 aromatic carbocycles. The normalized spacial score (nSPS) is 18.1. The first-order chi connectivity index (χ1) is 16.0. The molecule has 1 aliphatic heterocycles. The van der Waals surface area contributed by atoms with Gasteiger partial charge >= 0.3 is 5.91 Å². The predicted octanol–water partition coefficient (Wildman–Crippen LogP) is 4.40. The summed E-state index contributed by atoms with van der Waals surface area (Å²) in [6, 6.07) is 13.4. The third-order valence-corrected chi connectivity index (χ3v) is 5.76. The van der Waals surface area contributed by atoms with Gasteiger partial charge in [0.25, 0.3) is 5.78 Å². The number of para-hydroxylation sites is 1. The molecule has 1 atom stereocenters. The van der Waals surface area contributed by atoms with E-state index in [1.165, 1.54) is 24.5 Å². The molecule has 1 unspecified atom stereocenters. The van der Waals surface area contributed by atoms with Gasteiger partial charge in [0.1, 0.15) is 23.4 Å². The van der Waals surface area contributed by atoms with Gasteiger partial charge in [-0.05, 0) is 36.4 Å². The highest BCUT2D eigenvalue weighted by Crippen LogP contribution is 2.42. The average molecular weight is 442 g/mol. The predicted molar refractivity (Wildman–Crippen MR) is 118 cm³/mol. The summed E-state index contributed by atoms with van der Waals surface area (Å²) in [7, 11) is 0. The minimum Gasteiger partial charge on any atom is -0.507 e. The van der Waals surface area contributed by atoms with Crippen LogP contribution >= 0.6 is 0 Å². The Kier molecular flexibility index (Phi) is 4.00. The highest BCUT2D eigenvalue weighted by atomic mass is 19.1. The number of aromatic amines is 2. The van der Waals surface area contributed by atoms with Crippen molar-refractivity contribution in [1.29, 1.82) is 0 Å². The van der Waals surface area contributed by atoms with Crippen molar-refractivity contribution >= 4 is 45.3 Å². The maximum Gasteiger partial charge on any atom is 0.302 e. The van der Waals surface area contributed by atoms with Gasteiger partial charge in [-0.15, -0.1) is 0 Å². The Labute approximate surface area is 185 Å². The molecule has 0 saturated carbocycles. The SMILES string of the molecule is O=C1C(=O)N(c2nc3ccc(F)cc3[nH]2)C(c2ccco2)/C1=C(\O)c1c[nH]c2ccccc12. The number of Topliss-reactive ketones (excluding diaryl/α,β-unsaturated/α-hetero) is 1. The van der Waals surface area contributed by atoms with E-state index in [1.54, 1.807) is 24.4 Å². The van der Waals surface area contributed by atoms with E-state index in [4.69, 9.17) is 4.42 Å². The molecule has 6 rings (SSSR count). The largest absolute Gasteiger partial charge is 0.507 e. The van der Waals surface area contributed by atoms with Crippen LogP contribution in [0.4, 0.5) is 10.3 Å². The second kappa shape index (κ2) is 6.92. The van der Waals surface area contributed by atoms with Gasteiger partial charge in [0.2, 0.25) is 5.95 Å². The number of carbonyl (C=O) groups excluding carboxylic acids is 2. The lowest BCUT2D eigenvalue weighted by atomic mass is 9.99. The van der Waals surface area contributed by atoms with E-state index in [-0.39, 0.29) is 23.0 Å². The molecule has 4 heterocycles. The number of hydrogen-bond acceptors (Lipinski definition) is 5. The first-order valence-electron chi connectivity index (χ1n) is 10.1. The van der Waals surface area contributed by atoms with Crippen molar-refractivity contribution in [2.24, 2.45) is 0 Å². The number of halogens is 1. The molecule has 0 spiro atoms. The summed E-state index contributed by atoms with van der Waals surface area (Å²) >= 11 is 0. The fourth-order valence-corrected chi connectivity index (χ4v) is 4.26. The lowest BCUT2D eigenvalue weighted by Gasteiger charge is -2.20. The summed E-state index contributed by atoms with van der Waals surface area (Å²) in [5, 5.41) is 11.9. The molecule has 33 heavy (non-hydrogen) atoms. The molecular weight excluding hydrogens is 427 g/mol. The Morgan fingerprint density at radius 2 is 1.94 bits per heavy atom. The zero-order valence-corrected chi connectivity index (χ0v) is 16.9. The molecule has 3 N–H and O–H groups in total. The number of hydrogen-bond donors (Lipinski definition) is 3. The molecule has 1 aliphatic rings. The van der Waals surface area contributed by atoms with Crippen LogP contribution in [0.15, 0.2) is 77.0 Å². The molecule has 9 heteroatoms. The number of aliphatic hydroxyl groups is 1. The van der Waals surface area contributed by atoms with E-state index >= 15 is 0 Å². The molecule has 1 fully saturated rings. The van der Waals surface area contributed by atoms with Crippen LogP contribution in [-0.2, 0) is 9.59 Å². The van der Waals surface area contributed by atoms with Crippen molar-refractivity contribution in [3.8, 4) is 0 Å². The zero-order chi connectivity index (χ0) is 22.7. The Hall–Kier alpha value is -4.66. The highest BCUT2D eigenvalue weighted by molar-refractivity contribution is 6.51. The second-order valence-corrected chi connectivity index (χ2v) is 7.65. The zero-order valence-electron chi connectivity index (χ0n) is 16.9. The number of rotatable bonds is 3. The van der Waals surface area contributed by atoms with E-state index in [0.29, 0.717) is 22.0 Å². The van der Waals surface area contributed by atoms with Gasteiger partial charge in [0.05, 0.1) is 22.9 Å². The number of benzene rings is 2. The number of fused-ring (bicyclic) bond motifs is 2. The molecule has 0 aliphatic carbocycles. The molecule has 162 valence electrons. The van der Waals surface area contributed by atoms with Crippen LogP contribution in [0.2, 0.25) is 0 Å². The second-order valence-electron chi connectivity index (χ2n) is 7.65. The van der Waals surface area contributed by atoms with Gasteiger partial charge in [0, 0.05) is 22.7 Å². The molecule has 1 saturated heterocycles. The van der Waals surface area contributed by atoms with E-state index in [9.17, 15) is 19.1 Å². The quantitative estimate of drug-likeness (QED) is 0.218. The summed E-state index contributed by atoms with van der Waals surface area (Å²) in [6.07, 6.45) is 2.99. The first kappa shape index (κ1) is 19.1. The van der Waals surface area contributed by atoms with Gasteiger partial charge in [-0.2, -0.15) is 0 Å². The average Bonchev–Trinajstić information content (AvgIpc) is 3.59. The van der Waals surface area contributed by atoms with E-state index in [1.807, 2.05) is 18.2 Å². The maximum absolute atomic E-state index is 13.7. The van der Waals surface area contributed by atoms with Gasteiger partial charge in [-0.3, -0.25) is 14.5 Å². The van der Waals surface area contributed by atoms with Crippen LogP contribution in [0, 0.1) is 5.82 Å². The van der Waals surface area contributed by atoms with Crippen molar-refractivity contribution in [3.63, 3.8) is 0 Å². The van der Waals surface area contributed by atoms with Gasteiger partial charge < -0.3 is 19.5 Å². The highest BCUT2D eigenvalue weighted by Gasteiger charge is 2.49. The Morgan fingerprint density at radius 1 is 1.09 bits per heavy atom. The molecule has 1 amide bonds. The minimum absolute atomic E-state index is 0.0390. The minimum atomic E-state index is -1.07. The number of nitrogens with zero attached hydrogens (tertiary/aromatic N) is 2. The molecule has 8 nitrogen and oxygen atoms in total.